The third-order valence-electron chi connectivity index (χ3n) is 3.91. The summed E-state index contributed by atoms with van der Waals surface area (Å²) in [6.45, 7) is 4.23. The normalized spacial score (nSPS) is 19.1. The van der Waals surface area contributed by atoms with Gasteiger partial charge in [0.05, 0.1) is 24.9 Å². The first-order chi connectivity index (χ1) is 12.5. The Labute approximate surface area is 156 Å². The molecule has 148 valence electrons. The minimum atomic E-state index is -3.31. The van der Waals surface area contributed by atoms with Crippen LogP contribution in [0, 0.1) is 11.3 Å². The summed E-state index contributed by atoms with van der Waals surface area (Å²) in [5, 5.41) is 9.07. The predicted octanol–water partition coefficient (Wildman–Crippen LogP) is 3.17. The number of halogens is 2. The minimum Gasteiger partial charge on any atom is -0.493 e. The maximum atomic E-state index is 14.6. The number of hydrogen-bond donors (Lipinski definition) is 1. The van der Waals surface area contributed by atoms with Crippen LogP contribution >= 0.6 is 0 Å². The fraction of sp³-hybridized carbons (Fsp3) is 0.556. The first-order valence-corrected chi connectivity index (χ1v) is 8.37. The molecular formula is C18H23F2N3O4. The van der Waals surface area contributed by atoms with E-state index in [0.717, 1.165) is 4.90 Å². The highest BCUT2D eigenvalue weighted by Gasteiger charge is 2.48. The lowest BCUT2D eigenvalue weighted by molar-refractivity contribution is -0.137. The Morgan fingerprint density at radius 3 is 2.56 bits per heavy atom. The van der Waals surface area contributed by atoms with E-state index in [0.29, 0.717) is 0 Å². The Balaban J connectivity index is 2.16. The number of methoxy groups -OCH3 is 1. The summed E-state index contributed by atoms with van der Waals surface area (Å²) in [6.07, 6.45) is -2.39. The second kappa shape index (κ2) is 7.47. The number of nitrogen functional groups attached to an aromatic ring is 1. The average Bonchev–Trinajstić information content (AvgIpc) is 2.55. The van der Waals surface area contributed by atoms with E-state index >= 15 is 0 Å². The van der Waals surface area contributed by atoms with E-state index in [1.165, 1.54) is 19.2 Å². The van der Waals surface area contributed by atoms with Crippen molar-refractivity contribution >= 4 is 11.8 Å². The van der Waals surface area contributed by atoms with Crippen LogP contribution in [0.15, 0.2) is 12.1 Å². The number of benzene rings is 1. The Hall–Kier alpha value is -2.76. The number of hydrogen-bond acceptors (Lipinski definition) is 6. The molecule has 27 heavy (non-hydrogen) atoms. The van der Waals surface area contributed by atoms with Gasteiger partial charge in [0.2, 0.25) is 0 Å². The van der Waals surface area contributed by atoms with Gasteiger partial charge in [-0.1, -0.05) is 0 Å². The fourth-order valence-electron chi connectivity index (χ4n) is 2.62. The molecule has 9 heteroatoms. The van der Waals surface area contributed by atoms with Crippen molar-refractivity contribution in [2.45, 2.75) is 44.8 Å². The number of rotatable bonds is 3. The van der Waals surface area contributed by atoms with Crippen LogP contribution in [-0.4, -0.2) is 48.8 Å². The highest BCUT2D eigenvalue weighted by molar-refractivity contribution is 5.68. The van der Waals surface area contributed by atoms with Crippen LogP contribution in [0.1, 0.15) is 32.8 Å². The van der Waals surface area contributed by atoms with Gasteiger partial charge in [0.1, 0.15) is 11.7 Å². The maximum Gasteiger partial charge on any atom is 0.410 e. The van der Waals surface area contributed by atoms with Crippen molar-refractivity contribution in [1.29, 1.82) is 5.26 Å². The molecule has 1 amide bonds. The van der Waals surface area contributed by atoms with Crippen molar-refractivity contribution in [1.82, 2.24) is 4.90 Å². The molecule has 0 spiro atoms. The number of nitriles is 1. The van der Waals surface area contributed by atoms with Gasteiger partial charge in [-0.3, -0.25) is 0 Å². The van der Waals surface area contributed by atoms with E-state index in [4.69, 9.17) is 25.2 Å². The van der Waals surface area contributed by atoms with Crippen LogP contribution in [0.5, 0.6) is 11.5 Å². The number of carbonyl (C=O) groups excluding carboxylic acids is 1. The number of likely N-dealkylation sites (tertiary alicyclic amines) is 1. The Morgan fingerprint density at radius 1 is 1.37 bits per heavy atom. The molecule has 1 saturated heterocycles. The van der Waals surface area contributed by atoms with Crippen LogP contribution < -0.4 is 15.2 Å². The average molecular weight is 383 g/mol. The van der Waals surface area contributed by atoms with Gasteiger partial charge < -0.3 is 24.8 Å². The molecule has 1 aromatic rings. The zero-order valence-corrected chi connectivity index (χ0v) is 15.7. The van der Waals surface area contributed by atoms with Crippen LogP contribution in [0.2, 0.25) is 0 Å². The summed E-state index contributed by atoms with van der Waals surface area (Å²) in [7, 11) is 1.34. The topological polar surface area (TPSA) is 97.8 Å². The zero-order chi connectivity index (χ0) is 20.4. The zero-order valence-electron chi connectivity index (χ0n) is 15.7. The monoisotopic (exact) mass is 383 g/mol. The van der Waals surface area contributed by atoms with Gasteiger partial charge in [0.25, 0.3) is 0 Å². The Kier molecular flexibility index (Phi) is 5.68. The highest BCUT2D eigenvalue weighted by atomic mass is 19.3. The molecule has 1 unspecified atom stereocenters. The molecule has 1 aromatic carbocycles. The second-order valence-corrected chi connectivity index (χ2v) is 7.26. The number of ether oxygens (including phenoxy) is 3. The molecule has 0 bridgehead atoms. The number of nitrogens with zero attached hydrogens (tertiary/aromatic N) is 2. The number of piperidine rings is 1. The minimum absolute atomic E-state index is 0.00126. The van der Waals surface area contributed by atoms with E-state index in [9.17, 15) is 13.6 Å². The summed E-state index contributed by atoms with van der Waals surface area (Å²) < 4.78 is 44.9. The van der Waals surface area contributed by atoms with Gasteiger partial charge in [-0.15, -0.1) is 0 Å². The quantitative estimate of drug-likeness (QED) is 0.805. The lowest BCUT2D eigenvalue weighted by Gasteiger charge is -2.38. The van der Waals surface area contributed by atoms with Gasteiger partial charge >= 0.3 is 12.0 Å². The Bertz CT molecular complexity index is 756. The number of nitrogens with two attached hydrogens (primary N) is 1. The summed E-state index contributed by atoms with van der Waals surface area (Å²) in [6, 6.07) is 4.49. The summed E-state index contributed by atoms with van der Waals surface area (Å²) >= 11 is 0. The third kappa shape index (κ3) is 4.90. The van der Waals surface area contributed by atoms with Crippen molar-refractivity contribution in [3.05, 3.63) is 17.7 Å². The smallest absolute Gasteiger partial charge is 0.410 e. The van der Waals surface area contributed by atoms with Crippen LogP contribution in [0.4, 0.5) is 19.3 Å². The van der Waals surface area contributed by atoms with Crippen molar-refractivity contribution in [2.24, 2.45) is 0 Å². The highest BCUT2D eigenvalue weighted by Crippen LogP contribution is 2.37. The van der Waals surface area contributed by atoms with Crippen LogP contribution in [0.3, 0.4) is 0 Å². The van der Waals surface area contributed by atoms with Crippen LogP contribution in [-0.2, 0) is 4.74 Å². The largest absolute Gasteiger partial charge is 0.493 e. The third-order valence-corrected chi connectivity index (χ3v) is 3.91. The van der Waals surface area contributed by atoms with E-state index in [1.54, 1.807) is 20.8 Å². The Morgan fingerprint density at radius 2 is 2.04 bits per heavy atom. The molecule has 0 saturated carbocycles. The number of alkyl halides is 2. The predicted molar refractivity (Wildman–Crippen MR) is 93.9 cm³/mol. The summed E-state index contributed by atoms with van der Waals surface area (Å²) in [5.41, 5.74) is 5.19. The van der Waals surface area contributed by atoms with Gasteiger partial charge in [-0.05, 0) is 20.8 Å². The lowest BCUT2D eigenvalue weighted by Crippen LogP contribution is -2.56. The van der Waals surface area contributed by atoms with Gasteiger partial charge in [0.15, 0.2) is 17.6 Å². The van der Waals surface area contributed by atoms with Gasteiger partial charge in [-0.2, -0.15) is 5.26 Å². The summed E-state index contributed by atoms with van der Waals surface area (Å²) in [5.74, 6) is -3.16. The number of anilines is 1. The summed E-state index contributed by atoms with van der Waals surface area (Å²) in [4.78, 5) is 13.0. The molecule has 0 aromatic heterocycles. The molecule has 1 aliphatic heterocycles. The maximum absolute atomic E-state index is 14.6. The number of amides is 1. The number of carbonyl (C=O) groups is 1. The van der Waals surface area contributed by atoms with E-state index < -0.39 is 30.3 Å². The molecular weight excluding hydrogens is 360 g/mol. The molecule has 2 rings (SSSR count). The molecule has 7 nitrogen and oxygen atoms in total. The van der Waals surface area contributed by atoms with Crippen molar-refractivity contribution in [2.75, 3.05) is 25.9 Å². The van der Waals surface area contributed by atoms with Crippen LogP contribution in [0.25, 0.3) is 0 Å². The second-order valence-electron chi connectivity index (χ2n) is 7.26. The van der Waals surface area contributed by atoms with Crippen molar-refractivity contribution in [3.63, 3.8) is 0 Å². The SMILES string of the molecule is COc1cc(N)c(C#N)cc1OC1CCN(C(=O)OC(C)(C)C)CC1(F)F. The molecule has 1 aliphatic rings. The lowest BCUT2D eigenvalue weighted by atomic mass is 10.0. The van der Waals surface area contributed by atoms with Gasteiger partial charge in [-0.25, -0.2) is 13.6 Å². The molecule has 0 radical (unpaired) electrons. The standard InChI is InChI=1S/C18H23F2N3O4/c1-17(2,3)27-16(24)23-6-5-15(18(19,20)10-23)26-14-7-11(9-21)12(22)8-13(14)25-4/h7-8,15H,5-6,10,22H2,1-4H3. The van der Waals surface area contributed by atoms with Gasteiger partial charge in [0, 0.05) is 25.1 Å². The first-order valence-electron chi connectivity index (χ1n) is 8.37. The van der Waals surface area contributed by atoms with Crippen molar-refractivity contribution in [3.8, 4) is 17.6 Å². The van der Waals surface area contributed by atoms with E-state index in [2.05, 4.69) is 0 Å². The molecule has 0 aliphatic carbocycles. The van der Waals surface area contributed by atoms with Crippen molar-refractivity contribution < 1.29 is 27.8 Å². The molecule has 1 atom stereocenters. The van der Waals surface area contributed by atoms with E-state index in [-0.39, 0.29) is 35.7 Å². The van der Waals surface area contributed by atoms with E-state index in [1.807, 2.05) is 6.07 Å². The molecule has 1 fully saturated rings. The fourth-order valence-corrected chi connectivity index (χ4v) is 2.62. The molecule has 2 N–H and O–H groups in total. The molecule has 1 heterocycles. The first kappa shape index (κ1) is 20.6.